The van der Waals surface area contributed by atoms with Crippen molar-refractivity contribution >= 4 is 11.8 Å². The molecule has 0 spiro atoms. The van der Waals surface area contributed by atoms with E-state index in [0.29, 0.717) is 12.4 Å². The highest BCUT2D eigenvalue weighted by atomic mass is 16.5. The Morgan fingerprint density at radius 1 is 1.50 bits per heavy atom. The van der Waals surface area contributed by atoms with Gasteiger partial charge in [-0.05, 0) is 13.8 Å². The maximum atomic E-state index is 11.4. The number of carbonyl (C=O) groups is 1. The molecule has 0 radical (unpaired) electrons. The molecule has 1 aromatic heterocycles. The van der Waals surface area contributed by atoms with E-state index < -0.39 is 5.97 Å². The van der Waals surface area contributed by atoms with Gasteiger partial charge in [0.15, 0.2) is 5.69 Å². The van der Waals surface area contributed by atoms with Crippen molar-refractivity contribution in [1.29, 1.82) is 0 Å². The molecule has 18 heavy (non-hydrogen) atoms. The summed E-state index contributed by atoms with van der Waals surface area (Å²) in [6.45, 7) is 5.45. The number of aromatic nitrogens is 2. The van der Waals surface area contributed by atoms with Gasteiger partial charge >= 0.3 is 5.97 Å². The van der Waals surface area contributed by atoms with Crippen molar-refractivity contribution in [2.45, 2.75) is 26.0 Å². The fraction of sp³-hybridized carbons (Fsp3) is 0.583. The van der Waals surface area contributed by atoms with E-state index in [4.69, 9.17) is 4.74 Å². The molecule has 0 saturated carbocycles. The number of nitrogens with zero attached hydrogens (tertiary/aromatic N) is 3. The SMILES string of the molecule is COC(=O)c1cncc(N2CC(C)OCC2C)n1. The molecule has 0 bridgehead atoms. The second-order valence-electron chi connectivity index (χ2n) is 4.40. The zero-order valence-electron chi connectivity index (χ0n) is 10.8. The van der Waals surface area contributed by atoms with E-state index >= 15 is 0 Å². The summed E-state index contributed by atoms with van der Waals surface area (Å²) in [7, 11) is 1.33. The van der Waals surface area contributed by atoms with Crippen LogP contribution in [-0.4, -0.2) is 48.3 Å². The van der Waals surface area contributed by atoms with E-state index in [0.717, 1.165) is 6.54 Å². The van der Waals surface area contributed by atoms with Crippen molar-refractivity contribution in [1.82, 2.24) is 9.97 Å². The Labute approximate surface area is 106 Å². The predicted octanol–water partition coefficient (Wildman–Crippen LogP) is 0.877. The van der Waals surface area contributed by atoms with E-state index in [2.05, 4.69) is 26.5 Å². The first-order valence-electron chi connectivity index (χ1n) is 5.90. The molecular weight excluding hydrogens is 234 g/mol. The number of methoxy groups -OCH3 is 1. The van der Waals surface area contributed by atoms with E-state index in [1.807, 2.05) is 6.92 Å². The molecule has 0 amide bonds. The second kappa shape index (κ2) is 5.30. The highest BCUT2D eigenvalue weighted by Gasteiger charge is 2.25. The molecule has 1 saturated heterocycles. The molecule has 1 aromatic rings. The minimum atomic E-state index is -0.474. The Morgan fingerprint density at radius 3 is 3.00 bits per heavy atom. The van der Waals surface area contributed by atoms with Gasteiger partial charge in [-0.2, -0.15) is 0 Å². The number of anilines is 1. The van der Waals surface area contributed by atoms with Crippen molar-refractivity contribution < 1.29 is 14.3 Å². The standard InChI is InChI=1S/C12H17N3O3/c1-8-7-18-9(2)6-15(8)11-5-13-4-10(14-11)12(16)17-3/h4-5,8-9H,6-7H2,1-3H3. The van der Waals surface area contributed by atoms with Crippen molar-refractivity contribution in [2.75, 3.05) is 25.2 Å². The van der Waals surface area contributed by atoms with E-state index in [9.17, 15) is 4.79 Å². The summed E-state index contributed by atoms with van der Waals surface area (Å²) in [5.74, 6) is 0.207. The summed E-state index contributed by atoms with van der Waals surface area (Å²) in [5, 5.41) is 0. The van der Waals surface area contributed by atoms with Crippen LogP contribution in [0.25, 0.3) is 0 Å². The molecule has 6 heteroatoms. The lowest BCUT2D eigenvalue weighted by Gasteiger charge is -2.37. The number of rotatable bonds is 2. The van der Waals surface area contributed by atoms with Gasteiger partial charge in [0.25, 0.3) is 0 Å². The highest BCUT2D eigenvalue weighted by Crippen LogP contribution is 2.19. The number of morpholine rings is 1. The van der Waals surface area contributed by atoms with Crippen LogP contribution in [0.3, 0.4) is 0 Å². The van der Waals surface area contributed by atoms with Gasteiger partial charge in [0, 0.05) is 6.54 Å². The lowest BCUT2D eigenvalue weighted by atomic mass is 10.2. The van der Waals surface area contributed by atoms with Crippen LogP contribution in [0.1, 0.15) is 24.3 Å². The number of hydrogen-bond donors (Lipinski definition) is 0. The zero-order valence-corrected chi connectivity index (χ0v) is 10.8. The van der Waals surface area contributed by atoms with Crippen molar-refractivity contribution in [3.05, 3.63) is 18.1 Å². The number of esters is 1. The van der Waals surface area contributed by atoms with Gasteiger partial charge < -0.3 is 14.4 Å². The quantitative estimate of drug-likeness (QED) is 0.727. The smallest absolute Gasteiger partial charge is 0.358 e. The predicted molar refractivity (Wildman–Crippen MR) is 65.6 cm³/mol. The van der Waals surface area contributed by atoms with E-state index in [1.54, 1.807) is 6.20 Å². The van der Waals surface area contributed by atoms with Crippen LogP contribution in [0, 0.1) is 0 Å². The topological polar surface area (TPSA) is 64.5 Å². The van der Waals surface area contributed by atoms with Gasteiger partial charge in [0.05, 0.1) is 38.3 Å². The molecule has 98 valence electrons. The monoisotopic (exact) mass is 251 g/mol. The molecule has 2 unspecified atom stereocenters. The summed E-state index contributed by atoms with van der Waals surface area (Å²) in [6.07, 6.45) is 3.20. The molecule has 1 aliphatic rings. The first-order chi connectivity index (χ1) is 8.61. The Balaban J connectivity index is 2.24. The normalized spacial score (nSPS) is 23.8. The molecule has 6 nitrogen and oxygen atoms in total. The minimum Gasteiger partial charge on any atom is -0.464 e. The van der Waals surface area contributed by atoms with E-state index in [1.165, 1.54) is 13.3 Å². The van der Waals surface area contributed by atoms with Gasteiger partial charge in [-0.15, -0.1) is 0 Å². The van der Waals surface area contributed by atoms with Crippen LogP contribution in [-0.2, 0) is 9.47 Å². The zero-order chi connectivity index (χ0) is 13.1. The maximum absolute atomic E-state index is 11.4. The Bertz CT molecular complexity index is 438. The van der Waals surface area contributed by atoms with E-state index in [-0.39, 0.29) is 17.8 Å². The number of hydrogen-bond acceptors (Lipinski definition) is 6. The summed E-state index contributed by atoms with van der Waals surface area (Å²) < 4.78 is 10.2. The maximum Gasteiger partial charge on any atom is 0.358 e. The van der Waals surface area contributed by atoms with Crippen LogP contribution >= 0.6 is 0 Å². The Morgan fingerprint density at radius 2 is 2.28 bits per heavy atom. The summed E-state index contributed by atoms with van der Waals surface area (Å²) in [5.41, 5.74) is 0.223. The largest absolute Gasteiger partial charge is 0.464 e. The third-order valence-corrected chi connectivity index (χ3v) is 2.92. The molecule has 1 fully saturated rings. The molecule has 2 rings (SSSR count). The molecule has 0 aliphatic carbocycles. The van der Waals surface area contributed by atoms with Crippen LogP contribution in [0.2, 0.25) is 0 Å². The van der Waals surface area contributed by atoms with Crippen molar-refractivity contribution in [2.24, 2.45) is 0 Å². The molecule has 0 aromatic carbocycles. The summed E-state index contributed by atoms with van der Waals surface area (Å²) in [6, 6.07) is 0.211. The summed E-state index contributed by atoms with van der Waals surface area (Å²) >= 11 is 0. The third kappa shape index (κ3) is 2.59. The highest BCUT2D eigenvalue weighted by molar-refractivity contribution is 5.87. The van der Waals surface area contributed by atoms with Crippen LogP contribution in [0.5, 0.6) is 0 Å². The van der Waals surface area contributed by atoms with Gasteiger partial charge in [-0.1, -0.05) is 0 Å². The van der Waals surface area contributed by atoms with Crippen molar-refractivity contribution in [3.63, 3.8) is 0 Å². The first-order valence-corrected chi connectivity index (χ1v) is 5.90. The fourth-order valence-electron chi connectivity index (χ4n) is 1.92. The van der Waals surface area contributed by atoms with Gasteiger partial charge in [0.1, 0.15) is 5.82 Å². The molecule has 1 aliphatic heterocycles. The molecule has 2 atom stereocenters. The average molecular weight is 251 g/mol. The molecular formula is C12H17N3O3. The summed E-state index contributed by atoms with van der Waals surface area (Å²) in [4.78, 5) is 21.8. The molecule has 0 N–H and O–H groups in total. The number of carbonyl (C=O) groups excluding carboxylic acids is 1. The Hall–Kier alpha value is -1.69. The van der Waals surface area contributed by atoms with Gasteiger partial charge in [-0.3, -0.25) is 4.98 Å². The van der Waals surface area contributed by atoms with Gasteiger partial charge in [-0.25, -0.2) is 9.78 Å². The third-order valence-electron chi connectivity index (χ3n) is 2.92. The second-order valence-corrected chi connectivity index (χ2v) is 4.40. The minimum absolute atomic E-state index is 0.143. The number of ether oxygens (including phenoxy) is 2. The first kappa shape index (κ1) is 12.8. The van der Waals surface area contributed by atoms with Crippen molar-refractivity contribution in [3.8, 4) is 0 Å². The lowest BCUT2D eigenvalue weighted by molar-refractivity contribution is 0.0340. The van der Waals surface area contributed by atoms with Crippen LogP contribution in [0.15, 0.2) is 12.4 Å². The average Bonchev–Trinajstić information content (AvgIpc) is 2.40. The van der Waals surface area contributed by atoms with Crippen LogP contribution < -0.4 is 4.90 Å². The molecule has 2 heterocycles. The fourth-order valence-corrected chi connectivity index (χ4v) is 1.92. The van der Waals surface area contributed by atoms with Crippen LogP contribution in [0.4, 0.5) is 5.82 Å². The van der Waals surface area contributed by atoms with Gasteiger partial charge in [0.2, 0.25) is 0 Å². The Kier molecular flexibility index (Phi) is 3.76. The lowest BCUT2D eigenvalue weighted by Crippen LogP contribution is -2.48.